The average Bonchev–Trinajstić information content (AvgIpc) is 3.54. The number of amides is 2. The SMILES string of the molecule is CN(C)Cc1ccc[n+](OC2CCC(N3CCC4C3CCN4C(=O)CNC(=O)c3cccc(C(F)(F)F)c3)CC2)c1. The molecule has 5 rings (SSSR count). The Hall–Kier alpha value is -3.18. The number of pyridine rings is 1. The molecule has 2 aliphatic heterocycles. The van der Waals surface area contributed by atoms with Gasteiger partial charge in [0.15, 0.2) is 6.10 Å². The van der Waals surface area contributed by atoms with Gasteiger partial charge in [0.05, 0.1) is 12.1 Å². The van der Waals surface area contributed by atoms with Crippen LogP contribution in [-0.2, 0) is 17.5 Å². The Morgan fingerprint density at radius 1 is 1.02 bits per heavy atom. The highest BCUT2D eigenvalue weighted by molar-refractivity contribution is 5.96. The molecule has 3 heterocycles. The Bertz CT molecular complexity index is 1230. The molecular weight excluding hydrogens is 535 g/mol. The van der Waals surface area contributed by atoms with Crippen LogP contribution in [0.3, 0.4) is 0 Å². The Labute approximate surface area is 239 Å². The van der Waals surface area contributed by atoms with Gasteiger partial charge in [-0.05, 0) is 76.9 Å². The van der Waals surface area contributed by atoms with E-state index in [0.29, 0.717) is 18.6 Å². The Morgan fingerprint density at radius 2 is 1.78 bits per heavy atom. The highest BCUT2D eigenvalue weighted by Crippen LogP contribution is 2.36. The number of alkyl halides is 3. The molecule has 0 radical (unpaired) electrons. The summed E-state index contributed by atoms with van der Waals surface area (Å²) in [5.41, 5.74) is 0.196. The van der Waals surface area contributed by atoms with E-state index in [-0.39, 0.29) is 30.2 Å². The fraction of sp³-hybridized carbons (Fsp3) is 0.567. The van der Waals surface area contributed by atoms with Crippen LogP contribution in [0.1, 0.15) is 60.0 Å². The second-order valence-corrected chi connectivity index (χ2v) is 11.6. The Kier molecular flexibility index (Phi) is 8.84. The molecule has 1 N–H and O–H groups in total. The summed E-state index contributed by atoms with van der Waals surface area (Å²) in [6, 6.07) is 9.22. The molecule has 2 amide bonds. The summed E-state index contributed by atoms with van der Waals surface area (Å²) in [7, 11) is 4.09. The summed E-state index contributed by atoms with van der Waals surface area (Å²) in [6.07, 6.45) is 5.47. The topological polar surface area (TPSA) is 69.0 Å². The standard InChI is InChI=1S/C30H38F3N5O3/c1-35(2)19-21-5-4-14-36(20-21)41-25-10-8-24(9-11-25)37-15-12-27-26(37)13-16-38(27)28(39)18-34-29(40)22-6-3-7-23(17-22)30(31,32)33/h3-7,14,17,20,24-27H,8-13,15-16,18-19H2,1-2H3/p+1. The molecule has 3 fully saturated rings. The van der Waals surface area contributed by atoms with E-state index in [0.717, 1.165) is 63.7 Å². The lowest BCUT2D eigenvalue weighted by molar-refractivity contribution is -0.899. The van der Waals surface area contributed by atoms with Gasteiger partial charge >= 0.3 is 6.18 Å². The van der Waals surface area contributed by atoms with Crippen molar-refractivity contribution < 1.29 is 32.3 Å². The van der Waals surface area contributed by atoms with Gasteiger partial charge in [-0.1, -0.05) is 6.07 Å². The van der Waals surface area contributed by atoms with Crippen molar-refractivity contribution in [3.05, 3.63) is 65.5 Å². The van der Waals surface area contributed by atoms with Gasteiger partial charge in [0.25, 0.3) is 5.91 Å². The van der Waals surface area contributed by atoms with Crippen molar-refractivity contribution in [2.45, 2.75) is 75.5 Å². The van der Waals surface area contributed by atoms with E-state index in [1.54, 1.807) is 0 Å². The minimum Gasteiger partial charge on any atom is -0.343 e. The van der Waals surface area contributed by atoms with Gasteiger partial charge in [-0.3, -0.25) is 19.3 Å². The quantitative estimate of drug-likeness (QED) is 0.492. The molecule has 222 valence electrons. The fourth-order valence-electron chi connectivity index (χ4n) is 6.66. The molecule has 3 aliphatic rings. The molecule has 0 bridgehead atoms. The van der Waals surface area contributed by atoms with E-state index in [4.69, 9.17) is 4.84 Å². The summed E-state index contributed by atoms with van der Waals surface area (Å²) < 4.78 is 40.8. The van der Waals surface area contributed by atoms with Crippen molar-refractivity contribution in [2.24, 2.45) is 0 Å². The van der Waals surface area contributed by atoms with Crippen molar-refractivity contribution in [1.29, 1.82) is 0 Å². The molecule has 2 atom stereocenters. The lowest BCUT2D eigenvalue weighted by Gasteiger charge is -2.36. The van der Waals surface area contributed by atoms with Crippen LogP contribution >= 0.6 is 0 Å². The van der Waals surface area contributed by atoms with Gasteiger partial charge in [-0.2, -0.15) is 13.2 Å². The summed E-state index contributed by atoms with van der Waals surface area (Å²) in [6.45, 7) is 2.19. The van der Waals surface area contributed by atoms with Crippen molar-refractivity contribution in [3.8, 4) is 0 Å². The molecular formula is C30H39F3N5O3+. The molecule has 8 nitrogen and oxygen atoms in total. The Balaban J connectivity index is 1.09. The molecule has 2 unspecified atom stereocenters. The van der Waals surface area contributed by atoms with Crippen molar-refractivity contribution in [3.63, 3.8) is 0 Å². The van der Waals surface area contributed by atoms with Gasteiger partial charge in [0.2, 0.25) is 18.3 Å². The van der Waals surface area contributed by atoms with Crippen LogP contribution in [0.25, 0.3) is 0 Å². The van der Waals surface area contributed by atoms with Crippen molar-refractivity contribution >= 4 is 11.8 Å². The second kappa shape index (κ2) is 12.4. The molecule has 2 aromatic rings. The molecule has 41 heavy (non-hydrogen) atoms. The predicted octanol–water partition coefficient (Wildman–Crippen LogP) is 2.90. The van der Waals surface area contributed by atoms with Gasteiger partial charge in [-0.15, -0.1) is 0 Å². The first-order valence-corrected chi connectivity index (χ1v) is 14.4. The van der Waals surface area contributed by atoms with E-state index in [2.05, 4.69) is 21.2 Å². The maximum atomic E-state index is 13.0. The number of hydrogen-bond donors (Lipinski definition) is 1. The number of fused-ring (bicyclic) bond motifs is 1. The van der Waals surface area contributed by atoms with Crippen LogP contribution in [0.15, 0.2) is 48.8 Å². The number of carbonyl (C=O) groups is 2. The number of benzene rings is 1. The first-order valence-electron chi connectivity index (χ1n) is 14.4. The predicted molar refractivity (Wildman–Crippen MR) is 146 cm³/mol. The van der Waals surface area contributed by atoms with Crippen molar-refractivity contribution in [2.75, 3.05) is 33.7 Å². The van der Waals surface area contributed by atoms with Gasteiger partial charge in [0, 0.05) is 59.7 Å². The largest absolute Gasteiger partial charge is 0.416 e. The lowest BCUT2D eigenvalue weighted by atomic mass is 9.91. The zero-order valence-corrected chi connectivity index (χ0v) is 23.6. The monoisotopic (exact) mass is 574 g/mol. The number of aromatic nitrogens is 1. The smallest absolute Gasteiger partial charge is 0.343 e. The number of carbonyl (C=O) groups excluding carboxylic acids is 2. The summed E-state index contributed by atoms with van der Waals surface area (Å²) in [5.74, 6) is -0.875. The number of nitrogens with zero attached hydrogens (tertiary/aromatic N) is 4. The molecule has 2 saturated heterocycles. The highest BCUT2D eigenvalue weighted by Gasteiger charge is 2.47. The van der Waals surface area contributed by atoms with Gasteiger partial charge < -0.3 is 15.1 Å². The van der Waals surface area contributed by atoms with Gasteiger partial charge in [0.1, 0.15) is 0 Å². The van der Waals surface area contributed by atoms with Crippen LogP contribution < -0.4 is 14.9 Å². The van der Waals surface area contributed by atoms with Crippen LogP contribution in [0, 0.1) is 0 Å². The van der Waals surface area contributed by atoms with E-state index in [1.165, 1.54) is 17.7 Å². The molecule has 1 aromatic carbocycles. The van der Waals surface area contributed by atoms with E-state index < -0.39 is 17.6 Å². The van der Waals surface area contributed by atoms with Crippen LogP contribution in [0.4, 0.5) is 13.2 Å². The fourth-order valence-corrected chi connectivity index (χ4v) is 6.66. The minimum absolute atomic E-state index is 0.108. The maximum Gasteiger partial charge on any atom is 0.416 e. The molecule has 11 heteroatoms. The third-order valence-corrected chi connectivity index (χ3v) is 8.51. The molecule has 1 aromatic heterocycles. The number of hydrogen-bond acceptors (Lipinski definition) is 5. The van der Waals surface area contributed by atoms with E-state index in [1.807, 2.05) is 42.2 Å². The molecule has 1 saturated carbocycles. The first kappa shape index (κ1) is 29.3. The van der Waals surface area contributed by atoms with E-state index >= 15 is 0 Å². The summed E-state index contributed by atoms with van der Waals surface area (Å²) in [4.78, 5) is 38.3. The number of halogens is 3. The summed E-state index contributed by atoms with van der Waals surface area (Å²) >= 11 is 0. The third-order valence-electron chi connectivity index (χ3n) is 8.51. The zero-order chi connectivity index (χ0) is 29.1. The normalized spacial score (nSPS) is 24.9. The Morgan fingerprint density at radius 3 is 2.51 bits per heavy atom. The maximum absolute atomic E-state index is 13.0. The highest BCUT2D eigenvalue weighted by atomic mass is 19.4. The van der Waals surface area contributed by atoms with E-state index in [9.17, 15) is 22.8 Å². The average molecular weight is 575 g/mol. The molecule has 1 aliphatic carbocycles. The van der Waals surface area contributed by atoms with Crippen LogP contribution in [0.5, 0.6) is 0 Å². The first-order chi connectivity index (χ1) is 19.6. The second-order valence-electron chi connectivity index (χ2n) is 11.6. The number of nitrogens with one attached hydrogen (secondary N) is 1. The van der Waals surface area contributed by atoms with Crippen LogP contribution in [-0.4, -0.2) is 84.5 Å². The molecule has 0 spiro atoms. The third kappa shape index (κ3) is 7.01. The minimum atomic E-state index is -4.53. The van der Waals surface area contributed by atoms with Crippen LogP contribution in [0.2, 0.25) is 0 Å². The van der Waals surface area contributed by atoms with Gasteiger partial charge in [-0.25, -0.2) is 0 Å². The van der Waals surface area contributed by atoms with Crippen molar-refractivity contribution in [1.82, 2.24) is 20.0 Å². The lowest BCUT2D eigenvalue weighted by Crippen LogP contribution is -2.51. The number of rotatable bonds is 8. The number of likely N-dealkylation sites (tertiary alicyclic amines) is 2. The summed E-state index contributed by atoms with van der Waals surface area (Å²) in [5, 5.41) is 2.52. The zero-order valence-electron chi connectivity index (χ0n) is 23.6.